The maximum atomic E-state index is 11.6. The molecule has 0 saturated carbocycles. The number of aryl methyl sites for hydroxylation is 1. The van der Waals surface area contributed by atoms with Crippen molar-refractivity contribution in [1.29, 1.82) is 0 Å². The maximum Gasteiger partial charge on any atom is 0.0928 e. The third-order valence-corrected chi connectivity index (χ3v) is 6.20. The summed E-state index contributed by atoms with van der Waals surface area (Å²) in [6.45, 7) is 2.27. The topological polar surface area (TPSA) is 50.5 Å². The minimum absolute atomic E-state index is 0.227. The van der Waals surface area contributed by atoms with Crippen LogP contribution >= 0.6 is 0 Å². The molecule has 2 bridgehead atoms. The van der Waals surface area contributed by atoms with E-state index in [1.807, 2.05) is 17.9 Å². The van der Waals surface area contributed by atoms with Crippen LogP contribution in [0.25, 0.3) is 10.9 Å². The molecule has 2 unspecified atom stereocenters. The van der Waals surface area contributed by atoms with Crippen LogP contribution in [-0.2, 0) is 23.9 Å². The highest BCUT2D eigenvalue weighted by Crippen LogP contribution is 2.42. The van der Waals surface area contributed by atoms with E-state index in [2.05, 4.69) is 58.5 Å². The van der Waals surface area contributed by atoms with Gasteiger partial charge in [0.1, 0.15) is 0 Å². The number of ether oxygens (including phenoxy) is 1. The van der Waals surface area contributed by atoms with Crippen molar-refractivity contribution in [2.24, 2.45) is 7.05 Å². The first-order valence-corrected chi connectivity index (χ1v) is 9.64. The first kappa shape index (κ1) is 16.9. The number of benzene rings is 2. The largest absolute Gasteiger partial charge is 0.385 e. The molecule has 0 amide bonds. The van der Waals surface area contributed by atoms with Gasteiger partial charge in [-0.05, 0) is 30.0 Å². The number of hydrogen-bond acceptors (Lipinski definition) is 4. The fourth-order valence-corrected chi connectivity index (χ4v) is 4.77. The van der Waals surface area contributed by atoms with Crippen molar-refractivity contribution in [3.8, 4) is 0 Å². The summed E-state index contributed by atoms with van der Waals surface area (Å²) in [4.78, 5) is 2.52. The van der Waals surface area contributed by atoms with E-state index in [0.29, 0.717) is 26.1 Å². The van der Waals surface area contributed by atoms with Crippen molar-refractivity contribution >= 4 is 10.9 Å². The van der Waals surface area contributed by atoms with E-state index in [-0.39, 0.29) is 12.1 Å². The normalized spacial score (nSPS) is 28.5. The molecular formula is C22H25N3O2. The van der Waals surface area contributed by atoms with Crippen LogP contribution in [0.1, 0.15) is 24.0 Å². The summed E-state index contributed by atoms with van der Waals surface area (Å²) in [7, 11) is 1.95. The SMILES string of the molecule is Cn1ncc2ccc(C3(O)CC4COCC(C3)N4Cc3ccccc3)cc21. The number of aromatic nitrogens is 2. The molecule has 2 atom stereocenters. The summed E-state index contributed by atoms with van der Waals surface area (Å²) < 4.78 is 7.72. The molecule has 2 aliphatic rings. The van der Waals surface area contributed by atoms with E-state index >= 15 is 0 Å². The van der Waals surface area contributed by atoms with Crippen molar-refractivity contribution in [1.82, 2.24) is 14.7 Å². The molecule has 1 aromatic heterocycles. The van der Waals surface area contributed by atoms with Crippen LogP contribution in [0.3, 0.4) is 0 Å². The van der Waals surface area contributed by atoms with Gasteiger partial charge in [0.05, 0.1) is 30.5 Å². The van der Waals surface area contributed by atoms with E-state index in [1.165, 1.54) is 5.56 Å². The van der Waals surface area contributed by atoms with Gasteiger partial charge in [0.2, 0.25) is 0 Å². The Balaban J connectivity index is 1.44. The van der Waals surface area contributed by atoms with Gasteiger partial charge in [-0.15, -0.1) is 0 Å². The lowest BCUT2D eigenvalue weighted by Gasteiger charge is -2.52. The molecule has 0 radical (unpaired) electrons. The maximum absolute atomic E-state index is 11.6. The number of piperidine rings is 1. The Morgan fingerprint density at radius 3 is 2.59 bits per heavy atom. The second-order valence-electron chi connectivity index (χ2n) is 7.98. The summed E-state index contributed by atoms with van der Waals surface area (Å²) in [5.41, 5.74) is 2.56. The number of fused-ring (bicyclic) bond motifs is 3. The van der Waals surface area contributed by atoms with Crippen LogP contribution in [-0.4, -0.2) is 45.1 Å². The monoisotopic (exact) mass is 363 g/mol. The van der Waals surface area contributed by atoms with Crippen LogP contribution in [0.2, 0.25) is 0 Å². The van der Waals surface area contributed by atoms with Crippen molar-refractivity contribution < 1.29 is 9.84 Å². The number of nitrogens with zero attached hydrogens (tertiary/aromatic N) is 3. The standard InChI is InChI=1S/C22H25N3O2/c1-24-21-9-18(8-7-17(21)12-23-24)22(26)10-19-14-27-15-20(11-22)25(19)13-16-5-3-2-4-6-16/h2-9,12,19-20,26H,10-11,13-15H2,1H3. The Bertz CT molecular complexity index is 939. The predicted octanol–water partition coefficient (Wildman–Crippen LogP) is 2.82. The molecule has 0 spiro atoms. The molecule has 1 N–H and O–H groups in total. The zero-order chi connectivity index (χ0) is 18.4. The Morgan fingerprint density at radius 2 is 1.85 bits per heavy atom. The Kier molecular flexibility index (Phi) is 4.04. The molecule has 0 aliphatic carbocycles. The van der Waals surface area contributed by atoms with Gasteiger partial charge in [-0.1, -0.05) is 42.5 Å². The quantitative estimate of drug-likeness (QED) is 0.777. The summed E-state index contributed by atoms with van der Waals surface area (Å²) in [6.07, 6.45) is 3.26. The van der Waals surface area contributed by atoms with Crippen molar-refractivity contribution in [2.75, 3.05) is 13.2 Å². The average molecular weight is 363 g/mol. The second-order valence-corrected chi connectivity index (χ2v) is 7.98. The van der Waals surface area contributed by atoms with Gasteiger partial charge in [0.15, 0.2) is 0 Å². The molecule has 5 heteroatoms. The first-order chi connectivity index (χ1) is 13.1. The Labute approximate surface area is 159 Å². The fraction of sp³-hybridized carbons (Fsp3) is 0.409. The highest BCUT2D eigenvalue weighted by molar-refractivity contribution is 5.79. The van der Waals surface area contributed by atoms with Crippen LogP contribution in [0.15, 0.2) is 54.7 Å². The van der Waals surface area contributed by atoms with E-state index in [4.69, 9.17) is 4.74 Å². The smallest absolute Gasteiger partial charge is 0.0928 e. The molecule has 2 saturated heterocycles. The third kappa shape index (κ3) is 2.96. The predicted molar refractivity (Wildman–Crippen MR) is 104 cm³/mol. The number of hydrogen-bond donors (Lipinski definition) is 1. The molecule has 3 aromatic rings. The molecule has 2 aliphatic heterocycles. The molecule has 2 aromatic carbocycles. The fourth-order valence-electron chi connectivity index (χ4n) is 4.77. The lowest BCUT2D eigenvalue weighted by atomic mass is 9.76. The lowest BCUT2D eigenvalue weighted by Crippen LogP contribution is -2.60. The zero-order valence-corrected chi connectivity index (χ0v) is 15.6. The summed E-state index contributed by atoms with van der Waals surface area (Å²) in [6, 6.07) is 17.3. The molecular weight excluding hydrogens is 338 g/mol. The zero-order valence-electron chi connectivity index (χ0n) is 15.6. The minimum Gasteiger partial charge on any atom is -0.385 e. The summed E-state index contributed by atoms with van der Waals surface area (Å²) in [5.74, 6) is 0. The van der Waals surface area contributed by atoms with Gasteiger partial charge in [-0.25, -0.2) is 0 Å². The van der Waals surface area contributed by atoms with Crippen LogP contribution in [0.5, 0.6) is 0 Å². The van der Waals surface area contributed by atoms with Crippen LogP contribution in [0, 0.1) is 0 Å². The number of aliphatic hydroxyl groups is 1. The number of morpholine rings is 1. The van der Waals surface area contributed by atoms with Gasteiger partial charge < -0.3 is 9.84 Å². The molecule has 5 rings (SSSR count). The third-order valence-electron chi connectivity index (χ3n) is 6.20. The Hall–Kier alpha value is -2.21. The van der Waals surface area contributed by atoms with Crippen LogP contribution in [0.4, 0.5) is 0 Å². The first-order valence-electron chi connectivity index (χ1n) is 9.64. The van der Waals surface area contributed by atoms with E-state index in [1.54, 1.807) is 0 Å². The average Bonchev–Trinajstić information content (AvgIpc) is 3.04. The van der Waals surface area contributed by atoms with Crippen molar-refractivity contribution in [3.63, 3.8) is 0 Å². The van der Waals surface area contributed by atoms with E-state index < -0.39 is 5.60 Å². The highest BCUT2D eigenvalue weighted by atomic mass is 16.5. The minimum atomic E-state index is -0.815. The Morgan fingerprint density at radius 1 is 1.11 bits per heavy atom. The van der Waals surface area contributed by atoms with Gasteiger partial charge in [0.25, 0.3) is 0 Å². The lowest BCUT2D eigenvalue weighted by molar-refractivity contribution is -0.149. The molecule has 5 nitrogen and oxygen atoms in total. The van der Waals surface area contributed by atoms with E-state index in [9.17, 15) is 5.11 Å². The summed E-state index contributed by atoms with van der Waals surface area (Å²) >= 11 is 0. The molecule has 140 valence electrons. The van der Waals surface area contributed by atoms with Gasteiger partial charge in [-0.3, -0.25) is 9.58 Å². The van der Waals surface area contributed by atoms with Crippen molar-refractivity contribution in [3.05, 3.63) is 65.9 Å². The van der Waals surface area contributed by atoms with Crippen LogP contribution < -0.4 is 0 Å². The highest BCUT2D eigenvalue weighted by Gasteiger charge is 2.46. The molecule has 2 fully saturated rings. The van der Waals surface area contributed by atoms with Gasteiger partial charge in [0, 0.05) is 31.1 Å². The molecule has 27 heavy (non-hydrogen) atoms. The molecule has 3 heterocycles. The second kappa shape index (κ2) is 6.44. The van der Waals surface area contributed by atoms with E-state index in [0.717, 1.165) is 23.0 Å². The summed E-state index contributed by atoms with van der Waals surface area (Å²) in [5, 5.41) is 17.0. The van der Waals surface area contributed by atoms with Crippen molar-refractivity contribution in [2.45, 2.75) is 37.1 Å². The number of rotatable bonds is 3. The van der Waals surface area contributed by atoms with Gasteiger partial charge >= 0.3 is 0 Å². The van der Waals surface area contributed by atoms with Gasteiger partial charge in [-0.2, -0.15) is 5.10 Å².